The van der Waals surface area contributed by atoms with E-state index >= 15 is 0 Å². The first-order chi connectivity index (χ1) is 39.1. The van der Waals surface area contributed by atoms with Gasteiger partial charge >= 0.3 is 17.9 Å². The second-order valence-electron chi connectivity index (χ2n) is 21.3. The van der Waals surface area contributed by atoms with Crippen molar-refractivity contribution in [2.75, 3.05) is 47.5 Å². The number of allylic oxidation sites excluding steroid dienone is 26. The SMILES string of the molecule is CC/C=C\C/C=C\C/C=C\C/C=C\C/C=C\C/C=C\C/C=C\C/C=C\C/C=C\C/C=C\C/C=C\C/C=C\CCCCC(=O)OC(COC(=O)CCCCCCC/C=C\CCCCCCCCC)COC(OCC[N+](C)(C)C)C(=O)O. The third-order valence-electron chi connectivity index (χ3n) is 12.5. The van der Waals surface area contributed by atoms with Crippen molar-refractivity contribution >= 4 is 17.9 Å². The molecule has 0 aliphatic carbocycles. The van der Waals surface area contributed by atoms with Gasteiger partial charge in [0.1, 0.15) is 13.2 Å². The van der Waals surface area contributed by atoms with Gasteiger partial charge in [0.25, 0.3) is 6.29 Å². The Balaban J connectivity index is 4.31. The van der Waals surface area contributed by atoms with Gasteiger partial charge in [0, 0.05) is 12.8 Å². The number of esters is 2. The minimum absolute atomic E-state index is 0.169. The van der Waals surface area contributed by atoms with E-state index in [1.165, 1.54) is 51.4 Å². The van der Waals surface area contributed by atoms with Crippen LogP contribution in [0.25, 0.3) is 0 Å². The first-order valence-corrected chi connectivity index (χ1v) is 31.1. The summed E-state index contributed by atoms with van der Waals surface area (Å²) < 4.78 is 22.8. The number of likely N-dealkylation sites (N-methyl/N-ethyl adjacent to an activating group) is 1. The van der Waals surface area contributed by atoms with E-state index in [2.05, 4.69) is 172 Å². The summed E-state index contributed by atoms with van der Waals surface area (Å²) in [6.07, 6.45) is 86.3. The van der Waals surface area contributed by atoms with Gasteiger partial charge in [-0.2, -0.15) is 0 Å². The fraction of sp³-hybridized carbons (Fsp3) is 0.592. The lowest BCUT2D eigenvalue weighted by molar-refractivity contribution is -0.870. The number of hydrogen-bond acceptors (Lipinski definition) is 7. The van der Waals surface area contributed by atoms with Crippen molar-refractivity contribution in [1.82, 2.24) is 0 Å². The van der Waals surface area contributed by atoms with Crippen LogP contribution >= 0.6 is 0 Å². The van der Waals surface area contributed by atoms with Crippen molar-refractivity contribution < 1.29 is 42.9 Å². The van der Waals surface area contributed by atoms with Gasteiger partial charge in [-0.25, -0.2) is 4.79 Å². The third kappa shape index (κ3) is 60.5. The highest BCUT2D eigenvalue weighted by molar-refractivity contribution is 5.71. The van der Waals surface area contributed by atoms with Crippen molar-refractivity contribution in [3.8, 4) is 0 Å². The summed E-state index contributed by atoms with van der Waals surface area (Å²) in [7, 11) is 5.94. The maximum absolute atomic E-state index is 12.9. The number of carboxylic acid groups (broad SMARTS) is 1. The second-order valence-corrected chi connectivity index (χ2v) is 21.3. The van der Waals surface area contributed by atoms with E-state index in [4.69, 9.17) is 18.9 Å². The molecule has 0 spiro atoms. The third-order valence-corrected chi connectivity index (χ3v) is 12.5. The Morgan fingerprint density at radius 2 is 0.713 bits per heavy atom. The number of rotatable bonds is 55. The van der Waals surface area contributed by atoms with Crippen LogP contribution in [-0.4, -0.2) is 87.4 Å². The molecule has 0 aromatic carbocycles. The topological polar surface area (TPSA) is 108 Å². The molecule has 2 unspecified atom stereocenters. The van der Waals surface area contributed by atoms with Crippen LogP contribution in [0.15, 0.2) is 158 Å². The van der Waals surface area contributed by atoms with Crippen molar-refractivity contribution in [3.63, 3.8) is 0 Å². The molecule has 0 aliphatic rings. The molecule has 0 aromatic rings. The summed E-state index contributed by atoms with van der Waals surface area (Å²) in [5, 5.41) is 9.70. The molecule has 0 amide bonds. The first kappa shape index (κ1) is 74.9. The molecule has 0 rings (SSSR count). The molecular formula is C71H114NO8+. The minimum atomic E-state index is -1.53. The van der Waals surface area contributed by atoms with Gasteiger partial charge in [-0.05, 0) is 128 Å². The monoisotopic (exact) mass is 1110 g/mol. The van der Waals surface area contributed by atoms with E-state index in [-0.39, 0.29) is 38.6 Å². The van der Waals surface area contributed by atoms with E-state index in [0.29, 0.717) is 17.4 Å². The van der Waals surface area contributed by atoms with Gasteiger partial charge in [0.2, 0.25) is 0 Å². The molecule has 0 heterocycles. The molecule has 80 heavy (non-hydrogen) atoms. The maximum Gasteiger partial charge on any atom is 0.361 e. The highest BCUT2D eigenvalue weighted by Gasteiger charge is 2.25. The van der Waals surface area contributed by atoms with Crippen LogP contribution in [0.5, 0.6) is 0 Å². The van der Waals surface area contributed by atoms with Crippen molar-refractivity contribution in [1.29, 1.82) is 0 Å². The molecule has 0 radical (unpaired) electrons. The molecule has 9 nitrogen and oxygen atoms in total. The van der Waals surface area contributed by atoms with Crippen LogP contribution in [0.3, 0.4) is 0 Å². The Morgan fingerprint density at radius 1 is 0.388 bits per heavy atom. The number of hydrogen-bond donors (Lipinski definition) is 1. The van der Waals surface area contributed by atoms with Crippen LogP contribution in [0.2, 0.25) is 0 Å². The van der Waals surface area contributed by atoms with Crippen molar-refractivity contribution in [2.24, 2.45) is 0 Å². The number of aliphatic carboxylic acids is 1. The Kier molecular flexibility index (Phi) is 56.2. The smallest absolute Gasteiger partial charge is 0.361 e. The second kappa shape index (κ2) is 60.0. The summed E-state index contributed by atoms with van der Waals surface area (Å²) in [5.74, 6) is -2.10. The summed E-state index contributed by atoms with van der Waals surface area (Å²) in [6, 6.07) is 0. The van der Waals surface area contributed by atoms with Crippen LogP contribution < -0.4 is 0 Å². The number of carboxylic acids is 1. The molecule has 0 saturated carbocycles. The highest BCUT2D eigenvalue weighted by atomic mass is 16.7. The molecule has 0 bridgehead atoms. The van der Waals surface area contributed by atoms with Gasteiger partial charge < -0.3 is 28.5 Å². The summed E-state index contributed by atoms with van der Waals surface area (Å²) in [4.78, 5) is 37.4. The van der Waals surface area contributed by atoms with E-state index in [1.54, 1.807) is 0 Å². The lowest BCUT2D eigenvalue weighted by Gasteiger charge is -2.25. The Labute approximate surface area is 489 Å². The number of carbonyl (C=O) groups is 3. The molecule has 0 aliphatic heterocycles. The van der Waals surface area contributed by atoms with Crippen molar-refractivity contribution in [3.05, 3.63) is 158 Å². The normalized spacial score (nSPS) is 13.9. The van der Waals surface area contributed by atoms with E-state index < -0.39 is 24.3 Å². The Morgan fingerprint density at radius 3 is 1.10 bits per heavy atom. The molecule has 1 N–H and O–H groups in total. The van der Waals surface area contributed by atoms with Crippen LogP contribution in [-0.2, 0) is 33.3 Å². The number of ether oxygens (including phenoxy) is 4. The van der Waals surface area contributed by atoms with Crippen molar-refractivity contribution in [2.45, 2.75) is 225 Å². The van der Waals surface area contributed by atoms with Crippen LogP contribution in [0.4, 0.5) is 0 Å². The van der Waals surface area contributed by atoms with Gasteiger partial charge in [-0.3, -0.25) is 9.59 Å². The number of nitrogens with zero attached hydrogens (tertiary/aromatic N) is 1. The molecule has 0 fully saturated rings. The summed E-state index contributed by atoms with van der Waals surface area (Å²) in [6.45, 7) is 4.67. The summed E-state index contributed by atoms with van der Waals surface area (Å²) in [5.41, 5.74) is 0. The Hall–Kier alpha value is -5.09. The molecule has 450 valence electrons. The van der Waals surface area contributed by atoms with Gasteiger partial charge in [-0.1, -0.05) is 230 Å². The Bertz CT molecular complexity index is 1870. The summed E-state index contributed by atoms with van der Waals surface area (Å²) >= 11 is 0. The molecule has 0 aromatic heterocycles. The molecular weight excluding hydrogens is 995 g/mol. The molecule has 9 heteroatoms. The predicted molar refractivity (Wildman–Crippen MR) is 340 cm³/mol. The van der Waals surface area contributed by atoms with Gasteiger partial charge in [-0.15, -0.1) is 0 Å². The van der Waals surface area contributed by atoms with Crippen LogP contribution in [0, 0.1) is 0 Å². The first-order valence-electron chi connectivity index (χ1n) is 31.1. The van der Waals surface area contributed by atoms with Gasteiger partial charge in [0.15, 0.2) is 6.10 Å². The zero-order valence-corrected chi connectivity index (χ0v) is 51.2. The minimum Gasteiger partial charge on any atom is -0.477 e. The number of carbonyl (C=O) groups excluding carboxylic acids is 2. The highest BCUT2D eigenvalue weighted by Crippen LogP contribution is 2.13. The number of quaternary nitrogens is 1. The van der Waals surface area contributed by atoms with E-state index in [1.807, 2.05) is 21.1 Å². The van der Waals surface area contributed by atoms with E-state index in [9.17, 15) is 19.5 Å². The largest absolute Gasteiger partial charge is 0.477 e. The van der Waals surface area contributed by atoms with Gasteiger partial charge in [0.05, 0.1) is 34.4 Å². The quantitative estimate of drug-likeness (QED) is 0.0211. The zero-order valence-electron chi connectivity index (χ0n) is 51.2. The molecule has 0 saturated heterocycles. The predicted octanol–water partition coefficient (Wildman–Crippen LogP) is 19.0. The lowest BCUT2D eigenvalue weighted by Crippen LogP contribution is -2.40. The lowest BCUT2D eigenvalue weighted by atomic mass is 10.1. The number of unbranched alkanes of at least 4 members (excludes halogenated alkanes) is 14. The maximum atomic E-state index is 12.9. The molecule has 2 atom stereocenters. The average molecular weight is 1110 g/mol. The fourth-order valence-corrected chi connectivity index (χ4v) is 7.75. The fourth-order valence-electron chi connectivity index (χ4n) is 7.75. The van der Waals surface area contributed by atoms with E-state index in [0.717, 1.165) is 128 Å². The standard InChI is InChI=1S/C71H113NO8/c1-6-8-10-12-14-16-18-20-22-24-25-26-27-28-29-30-31-32-33-34-35-36-37-38-39-40-41-42-43-44-45-46-48-50-52-54-56-58-60-62-69(74)80-67(66-79-71(70(75)76)77-64-63-72(3,4)5)65-78-68(73)61-59-57-55-53-51-49-47-23-21-19-17-15-13-11-9-7-2/h8,10,14,16,20,22-23,25-26,28-29,31-32,34-35,37-38,40-41,43-44,46-48,52,54,67,71H,6-7,9,11-13,15,17-19,21,24,27,30,33,36,39,42,45,49-51,53,55-66H2,1-5H3/p+1/b10-8-,16-14-,22-20-,26-25-,29-28-,32-31-,35-34-,38-37-,41-40-,44-43-,47-23-,48-46-,54-52-. The average Bonchev–Trinajstić information content (AvgIpc) is 3.43. The zero-order chi connectivity index (χ0) is 58.3. The van der Waals surface area contributed by atoms with Crippen LogP contribution in [0.1, 0.15) is 213 Å².